The van der Waals surface area contributed by atoms with E-state index in [1.807, 2.05) is 11.0 Å². The summed E-state index contributed by atoms with van der Waals surface area (Å²) in [6, 6.07) is 6.39. The van der Waals surface area contributed by atoms with Gasteiger partial charge in [-0.25, -0.2) is 4.79 Å². The number of nitrogens with one attached hydrogen (secondary N) is 1. The van der Waals surface area contributed by atoms with Crippen LogP contribution in [0.4, 0.5) is 10.5 Å². The van der Waals surface area contributed by atoms with E-state index in [4.69, 9.17) is 0 Å². The van der Waals surface area contributed by atoms with Crippen LogP contribution in [0.15, 0.2) is 18.2 Å². The van der Waals surface area contributed by atoms with Crippen LogP contribution in [0, 0.1) is 0 Å². The Morgan fingerprint density at radius 1 is 1.14 bits per heavy atom. The maximum atomic E-state index is 12.3. The standard InChI is InChI=1S/C17H25N3O/c1-2-8-19-9-11-20(12-10-19)17(21)18-16-7-6-14-4-3-5-15(14)13-16/h6-7,13H,2-5,8-12H2,1H3,(H,18,21). The zero-order chi connectivity index (χ0) is 14.7. The molecule has 0 aromatic heterocycles. The van der Waals surface area contributed by atoms with Gasteiger partial charge in [0.1, 0.15) is 0 Å². The summed E-state index contributed by atoms with van der Waals surface area (Å²) < 4.78 is 0. The van der Waals surface area contributed by atoms with Crippen molar-refractivity contribution in [3.05, 3.63) is 29.3 Å². The van der Waals surface area contributed by atoms with Crippen LogP contribution in [0.25, 0.3) is 0 Å². The Bertz CT molecular complexity index is 507. The normalized spacial score (nSPS) is 18.6. The first-order valence-corrected chi connectivity index (χ1v) is 8.16. The summed E-state index contributed by atoms with van der Waals surface area (Å²) in [6.45, 7) is 6.98. The van der Waals surface area contributed by atoms with Crippen LogP contribution < -0.4 is 5.32 Å². The van der Waals surface area contributed by atoms with Gasteiger partial charge in [-0.1, -0.05) is 13.0 Å². The molecule has 114 valence electrons. The largest absolute Gasteiger partial charge is 0.322 e. The molecule has 0 unspecified atom stereocenters. The van der Waals surface area contributed by atoms with Gasteiger partial charge in [0.25, 0.3) is 0 Å². The average Bonchev–Trinajstić information content (AvgIpc) is 2.96. The predicted octanol–water partition coefficient (Wildman–Crippen LogP) is 2.73. The van der Waals surface area contributed by atoms with E-state index in [1.165, 1.54) is 30.4 Å². The first-order chi connectivity index (χ1) is 10.3. The van der Waals surface area contributed by atoms with E-state index in [0.29, 0.717) is 0 Å². The molecule has 1 aromatic rings. The molecule has 0 saturated carbocycles. The van der Waals surface area contributed by atoms with Gasteiger partial charge in [0.2, 0.25) is 0 Å². The van der Waals surface area contributed by atoms with E-state index in [9.17, 15) is 4.79 Å². The topological polar surface area (TPSA) is 35.6 Å². The molecule has 1 aliphatic heterocycles. The van der Waals surface area contributed by atoms with E-state index in [-0.39, 0.29) is 6.03 Å². The fraction of sp³-hybridized carbons (Fsp3) is 0.588. The fourth-order valence-electron chi connectivity index (χ4n) is 3.34. The van der Waals surface area contributed by atoms with Crippen LogP contribution in [0.5, 0.6) is 0 Å². The molecular formula is C17H25N3O. The molecule has 3 rings (SSSR count). The Hall–Kier alpha value is -1.55. The van der Waals surface area contributed by atoms with Crippen LogP contribution in [0.3, 0.4) is 0 Å². The minimum absolute atomic E-state index is 0.0455. The van der Waals surface area contributed by atoms with Crippen molar-refractivity contribution in [2.24, 2.45) is 0 Å². The Kier molecular flexibility index (Phi) is 4.44. The number of benzene rings is 1. The van der Waals surface area contributed by atoms with Gasteiger partial charge >= 0.3 is 6.03 Å². The molecule has 2 aliphatic rings. The monoisotopic (exact) mass is 287 g/mol. The number of carbonyl (C=O) groups excluding carboxylic acids is 1. The number of urea groups is 1. The second kappa shape index (κ2) is 6.48. The number of nitrogens with zero attached hydrogens (tertiary/aromatic N) is 2. The lowest BCUT2D eigenvalue weighted by atomic mass is 10.1. The van der Waals surface area contributed by atoms with Crippen molar-refractivity contribution >= 4 is 11.7 Å². The first kappa shape index (κ1) is 14.4. The van der Waals surface area contributed by atoms with Crippen molar-refractivity contribution in [1.29, 1.82) is 0 Å². The van der Waals surface area contributed by atoms with Gasteiger partial charge < -0.3 is 10.2 Å². The van der Waals surface area contributed by atoms with Gasteiger partial charge in [-0.05, 0) is 55.5 Å². The third kappa shape index (κ3) is 3.38. The molecule has 1 aliphatic carbocycles. The lowest BCUT2D eigenvalue weighted by molar-refractivity contribution is 0.147. The van der Waals surface area contributed by atoms with Crippen molar-refractivity contribution in [1.82, 2.24) is 9.80 Å². The molecule has 0 atom stereocenters. The summed E-state index contributed by atoms with van der Waals surface area (Å²) in [5, 5.41) is 3.06. The zero-order valence-corrected chi connectivity index (χ0v) is 12.9. The number of piperazine rings is 1. The van der Waals surface area contributed by atoms with Crippen LogP contribution in [0.1, 0.15) is 30.9 Å². The highest BCUT2D eigenvalue weighted by molar-refractivity contribution is 5.89. The number of carbonyl (C=O) groups is 1. The molecule has 1 aromatic carbocycles. The van der Waals surface area contributed by atoms with Crippen molar-refractivity contribution in [2.45, 2.75) is 32.6 Å². The molecule has 1 fully saturated rings. The molecule has 4 nitrogen and oxygen atoms in total. The second-order valence-electron chi connectivity index (χ2n) is 6.10. The zero-order valence-electron chi connectivity index (χ0n) is 12.9. The number of hydrogen-bond acceptors (Lipinski definition) is 2. The number of anilines is 1. The summed E-state index contributed by atoms with van der Waals surface area (Å²) >= 11 is 0. The third-order valence-corrected chi connectivity index (χ3v) is 4.55. The molecule has 1 heterocycles. The van der Waals surface area contributed by atoms with Crippen molar-refractivity contribution in [3.63, 3.8) is 0 Å². The third-order valence-electron chi connectivity index (χ3n) is 4.55. The minimum Gasteiger partial charge on any atom is -0.322 e. The molecule has 0 radical (unpaired) electrons. The van der Waals surface area contributed by atoms with Gasteiger partial charge in [-0.2, -0.15) is 0 Å². The molecule has 0 bridgehead atoms. The van der Waals surface area contributed by atoms with Gasteiger partial charge in [-0.3, -0.25) is 4.90 Å². The van der Waals surface area contributed by atoms with E-state index in [0.717, 1.165) is 44.8 Å². The van der Waals surface area contributed by atoms with Crippen LogP contribution in [-0.4, -0.2) is 48.6 Å². The molecule has 4 heteroatoms. The minimum atomic E-state index is 0.0455. The van der Waals surface area contributed by atoms with Crippen molar-refractivity contribution < 1.29 is 4.79 Å². The maximum absolute atomic E-state index is 12.3. The smallest absolute Gasteiger partial charge is 0.321 e. The highest BCUT2D eigenvalue weighted by Gasteiger charge is 2.21. The maximum Gasteiger partial charge on any atom is 0.321 e. The molecule has 21 heavy (non-hydrogen) atoms. The van der Waals surface area contributed by atoms with Gasteiger partial charge in [-0.15, -0.1) is 0 Å². The van der Waals surface area contributed by atoms with Crippen molar-refractivity contribution in [3.8, 4) is 0 Å². The van der Waals surface area contributed by atoms with Crippen molar-refractivity contribution in [2.75, 3.05) is 38.0 Å². The quantitative estimate of drug-likeness (QED) is 0.928. The molecular weight excluding hydrogens is 262 g/mol. The Morgan fingerprint density at radius 2 is 1.90 bits per heavy atom. The van der Waals surface area contributed by atoms with Gasteiger partial charge in [0.05, 0.1) is 0 Å². The van der Waals surface area contributed by atoms with E-state index >= 15 is 0 Å². The van der Waals surface area contributed by atoms with Crippen LogP contribution in [-0.2, 0) is 12.8 Å². The summed E-state index contributed by atoms with van der Waals surface area (Å²) in [5.41, 5.74) is 3.79. The predicted molar refractivity (Wildman–Crippen MR) is 85.8 cm³/mol. The lowest BCUT2D eigenvalue weighted by Crippen LogP contribution is -2.50. The lowest BCUT2D eigenvalue weighted by Gasteiger charge is -2.34. The van der Waals surface area contributed by atoms with Gasteiger partial charge in [0.15, 0.2) is 0 Å². The number of hydrogen-bond donors (Lipinski definition) is 1. The fourth-order valence-corrected chi connectivity index (χ4v) is 3.34. The molecule has 2 amide bonds. The Morgan fingerprint density at radius 3 is 2.67 bits per heavy atom. The summed E-state index contributed by atoms with van der Waals surface area (Å²) in [6.07, 6.45) is 4.76. The van der Waals surface area contributed by atoms with Crippen LogP contribution in [0.2, 0.25) is 0 Å². The summed E-state index contributed by atoms with van der Waals surface area (Å²) in [4.78, 5) is 16.7. The second-order valence-corrected chi connectivity index (χ2v) is 6.10. The molecule has 1 N–H and O–H groups in total. The molecule has 1 saturated heterocycles. The van der Waals surface area contributed by atoms with E-state index < -0.39 is 0 Å². The highest BCUT2D eigenvalue weighted by Crippen LogP contribution is 2.25. The Labute approximate surface area is 127 Å². The van der Waals surface area contributed by atoms with Gasteiger partial charge in [0, 0.05) is 31.9 Å². The Balaban J connectivity index is 1.55. The van der Waals surface area contributed by atoms with E-state index in [2.05, 4.69) is 29.3 Å². The number of aryl methyl sites for hydroxylation is 2. The average molecular weight is 287 g/mol. The summed E-state index contributed by atoms with van der Waals surface area (Å²) in [5.74, 6) is 0. The number of amides is 2. The summed E-state index contributed by atoms with van der Waals surface area (Å²) in [7, 11) is 0. The number of fused-ring (bicyclic) bond motifs is 1. The number of rotatable bonds is 3. The van der Waals surface area contributed by atoms with E-state index in [1.54, 1.807) is 0 Å². The molecule has 0 spiro atoms. The SMILES string of the molecule is CCCN1CCN(C(=O)Nc2ccc3c(c2)CCC3)CC1. The van der Waals surface area contributed by atoms with Crippen LogP contribution >= 0.6 is 0 Å². The highest BCUT2D eigenvalue weighted by atomic mass is 16.2. The first-order valence-electron chi connectivity index (χ1n) is 8.16.